The van der Waals surface area contributed by atoms with E-state index in [0.29, 0.717) is 31.2 Å². The molecule has 1 aromatic heterocycles. The van der Waals surface area contributed by atoms with E-state index in [2.05, 4.69) is 9.95 Å². The van der Waals surface area contributed by atoms with Crippen molar-refractivity contribution in [2.24, 2.45) is 4.99 Å². The molecule has 4 rings (SSSR count). The first-order valence-electron chi connectivity index (χ1n) is 12.1. The summed E-state index contributed by atoms with van der Waals surface area (Å²) in [6.07, 6.45) is 3.79. The number of hydrogen-bond acceptors (Lipinski definition) is 6. The molecule has 2 aromatic carbocycles. The first-order valence-corrected chi connectivity index (χ1v) is 14.4. The molecular weight excluding hydrogens is 482 g/mol. The number of methoxy groups -OCH3 is 1. The Labute approximate surface area is 211 Å². The van der Waals surface area contributed by atoms with Gasteiger partial charge < -0.3 is 14.0 Å². The van der Waals surface area contributed by atoms with Crippen molar-refractivity contribution in [1.29, 1.82) is 0 Å². The number of sulfonamides is 1. The molecule has 0 amide bonds. The summed E-state index contributed by atoms with van der Waals surface area (Å²) in [6, 6.07) is 15.0. The maximum atomic E-state index is 13.0. The molecule has 2 heterocycles. The molecule has 0 N–H and O–H groups in total. The molecule has 0 spiro atoms. The highest BCUT2D eigenvalue weighted by atomic mass is 32.2. The maximum absolute atomic E-state index is 13.0. The van der Waals surface area contributed by atoms with Crippen molar-refractivity contribution in [3.63, 3.8) is 0 Å². The molecule has 1 aliphatic heterocycles. The van der Waals surface area contributed by atoms with E-state index in [1.54, 1.807) is 34.9 Å². The SMILES string of the molecule is CCOc1ccc(N=c2scc(-c3ccc(S(=O)(=O)N4CCCCC4)cc3)n2CCCOC)cc1. The number of rotatable bonds is 10. The summed E-state index contributed by atoms with van der Waals surface area (Å²) < 4.78 is 40.6. The van der Waals surface area contributed by atoms with Gasteiger partial charge >= 0.3 is 0 Å². The van der Waals surface area contributed by atoms with E-state index in [0.717, 1.165) is 59.7 Å². The number of hydrogen-bond donors (Lipinski definition) is 0. The highest BCUT2D eigenvalue weighted by molar-refractivity contribution is 7.89. The highest BCUT2D eigenvalue weighted by Crippen LogP contribution is 2.26. The van der Waals surface area contributed by atoms with E-state index < -0.39 is 10.0 Å². The van der Waals surface area contributed by atoms with Gasteiger partial charge in [0, 0.05) is 38.7 Å². The van der Waals surface area contributed by atoms with Crippen molar-refractivity contribution in [3.8, 4) is 17.0 Å². The summed E-state index contributed by atoms with van der Waals surface area (Å²) in [5.41, 5.74) is 2.83. The van der Waals surface area contributed by atoms with Crippen LogP contribution in [0.5, 0.6) is 5.75 Å². The summed E-state index contributed by atoms with van der Waals surface area (Å²) in [5, 5.41) is 2.08. The van der Waals surface area contributed by atoms with Gasteiger partial charge in [0.2, 0.25) is 10.0 Å². The Balaban J connectivity index is 1.64. The summed E-state index contributed by atoms with van der Waals surface area (Å²) in [6.45, 7) is 5.19. The van der Waals surface area contributed by atoms with Crippen molar-refractivity contribution < 1.29 is 17.9 Å². The predicted molar refractivity (Wildman–Crippen MR) is 140 cm³/mol. The van der Waals surface area contributed by atoms with Crippen molar-refractivity contribution >= 4 is 27.0 Å². The molecule has 35 heavy (non-hydrogen) atoms. The second-order valence-electron chi connectivity index (χ2n) is 8.43. The largest absolute Gasteiger partial charge is 0.494 e. The molecule has 7 nitrogen and oxygen atoms in total. The van der Waals surface area contributed by atoms with Crippen LogP contribution < -0.4 is 9.54 Å². The van der Waals surface area contributed by atoms with Crippen LogP contribution in [-0.4, -0.2) is 50.7 Å². The van der Waals surface area contributed by atoms with Gasteiger partial charge in [-0.2, -0.15) is 4.31 Å². The smallest absolute Gasteiger partial charge is 0.243 e. The third-order valence-electron chi connectivity index (χ3n) is 6.00. The number of ether oxygens (including phenoxy) is 2. The average molecular weight is 516 g/mol. The Morgan fingerprint density at radius 3 is 2.37 bits per heavy atom. The molecule has 0 unspecified atom stereocenters. The maximum Gasteiger partial charge on any atom is 0.243 e. The van der Waals surface area contributed by atoms with E-state index in [1.165, 1.54) is 0 Å². The molecular formula is C26H33N3O4S2. The topological polar surface area (TPSA) is 73.1 Å². The zero-order valence-electron chi connectivity index (χ0n) is 20.4. The standard InChI is InChI=1S/C26H33N3O4S2/c1-3-33-23-12-10-22(11-13-23)27-26-29(18-7-19-32-2)25(20-34-26)21-8-14-24(15-9-21)35(30,31)28-16-5-4-6-17-28/h8-15,20H,3-7,16-19H2,1-2H3. The summed E-state index contributed by atoms with van der Waals surface area (Å²) >= 11 is 1.57. The van der Waals surface area contributed by atoms with Crippen molar-refractivity contribution in [3.05, 3.63) is 58.7 Å². The molecule has 3 aromatic rings. The fourth-order valence-corrected chi connectivity index (χ4v) is 6.65. The minimum Gasteiger partial charge on any atom is -0.494 e. The lowest BCUT2D eigenvalue weighted by Crippen LogP contribution is -2.35. The number of nitrogens with zero attached hydrogens (tertiary/aromatic N) is 3. The fourth-order valence-electron chi connectivity index (χ4n) is 4.18. The Bertz CT molecular complexity index is 1260. The van der Waals surface area contributed by atoms with Crippen LogP contribution in [0.3, 0.4) is 0 Å². The van der Waals surface area contributed by atoms with Crippen LogP contribution in [0.2, 0.25) is 0 Å². The molecule has 188 valence electrons. The summed E-state index contributed by atoms with van der Waals surface area (Å²) in [5.74, 6) is 0.825. The lowest BCUT2D eigenvalue weighted by atomic mass is 10.2. The van der Waals surface area contributed by atoms with Gasteiger partial charge in [0.15, 0.2) is 4.80 Å². The Kier molecular flexibility index (Phi) is 8.78. The lowest BCUT2D eigenvalue weighted by Gasteiger charge is -2.25. The first-order chi connectivity index (χ1) is 17.0. The third-order valence-corrected chi connectivity index (χ3v) is 8.78. The van der Waals surface area contributed by atoms with E-state index >= 15 is 0 Å². The Morgan fingerprint density at radius 1 is 1.00 bits per heavy atom. The molecule has 9 heteroatoms. The molecule has 1 aliphatic rings. The number of thiazole rings is 1. The molecule has 0 radical (unpaired) electrons. The normalized spacial score (nSPS) is 15.4. The zero-order chi connectivity index (χ0) is 24.7. The van der Waals surface area contributed by atoms with E-state index in [-0.39, 0.29) is 0 Å². The second-order valence-corrected chi connectivity index (χ2v) is 11.2. The number of piperidine rings is 1. The van der Waals surface area contributed by atoms with Gasteiger partial charge in [-0.3, -0.25) is 0 Å². The van der Waals surface area contributed by atoms with Crippen LogP contribution in [0.25, 0.3) is 11.3 Å². The van der Waals surface area contributed by atoms with Gasteiger partial charge in [0.05, 0.1) is 22.9 Å². The second kappa shape index (κ2) is 12.0. The lowest BCUT2D eigenvalue weighted by molar-refractivity contribution is 0.190. The van der Waals surface area contributed by atoms with Gasteiger partial charge in [0.25, 0.3) is 0 Å². The monoisotopic (exact) mass is 515 g/mol. The molecule has 0 aliphatic carbocycles. The predicted octanol–water partition coefficient (Wildman–Crippen LogP) is 5.06. The van der Waals surface area contributed by atoms with E-state index in [9.17, 15) is 8.42 Å². The molecule has 1 saturated heterocycles. The molecule has 0 bridgehead atoms. The van der Waals surface area contributed by atoms with Crippen LogP contribution in [0.1, 0.15) is 32.6 Å². The van der Waals surface area contributed by atoms with E-state index in [4.69, 9.17) is 14.5 Å². The molecule has 1 fully saturated rings. The fraction of sp³-hybridized carbons (Fsp3) is 0.423. The first kappa shape index (κ1) is 25.6. The van der Waals surface area contributed by atoms with Crippen LogP contribution in [0.15, 0.2) is 63.8 Å². The number of aromatic nitrogens is 1. The van der Waals surface area contributed by atoms with Crippen LogP contribution in [0.4, 0.5) is 5.69 Å². The van der Waals surface area contributed by atoms with Crippen molar-refractivity contribution in [2.45, 2.75) is 44.0 Å². The Morgan fingerprint density at radius 2 is 1.71 bits per heavy atom. The van der Waals surface area contributed by atoms with Gasteiger partial charge in [-0.1, -0.05) is 18.6 Å². The third kappa shape index (κ3) is 6.22. The number of benzene rings is 2. The van der Waals surface area contributed by atoms with Gasteiger partial charge in [-0.25, -0.2) is 13.4 Å². The van der Waals surface area contributed by atoms with Gasteiger partial charge in [-0.15, -0.1) is 11.3 Å². The van der Waals surface area contributed by atoms with Crippen LogP contribution in [-0.2, 0) is 21.3 Å². The molecule has 0 saturated carbocycles. The quantitative estimate of drug-likeness (QED) is 0.354. The van der Waals surface area contributed by atoms with E-state index in [1.807, 2.05) is 43.3 Å². The average Bonchev–Trinajstić information content (AvgIpc) is 3.28. The Hall–Kier alpha value is -2.46. The minimum absolute atomic E-state index is 0.351. The minimum atomic E-state index is -3.45. The van der Waals surface area contributed by atoms with Gasteiger partial charge in [-0.05, 0) is 68.1 Å². The van der Waals surface area contributed by atoms with Gasteiger partial charge in [0.1, 0.15) is 5.75 Å². The highest BCUT2D eigenvalue weighted by Gasteiger charge is 2.25. The summed E-state index contributed by atoms with van der Waals surface area (Å²) in [7, 11) is -1.75. The summed E-state index contributed by atoms with van der Waals surface area (Å²) in [4.78, 5) is 6.10. The van der Waals surface area contributed by atoms with Crippen molar-refractivity contribution in [2.75, 3.05) is 33.4 Å². The van der Waals surface area contributed by atoms with Crippen molar-refractivity contribution in [1.82, 2.24) is 8.87 Å². The molecule has 0 atom stereocenters. The van der Waals surface area contributed by atoms with Crippen LogP contribution >= 0.6 is 11.3 Å². The van der Waals surface area contributed by atoms with Crippen LogP contribution in [0, 0.1) is 0 Å². The zero-order valence-corrected chi connectivity index (χ0v) is 22.0.